The van der Waals surface area contributed by atoms with Crippen LogP contribution in [0.15, 0.2) is 53.7 Å². The molecule has 7 nitrogen and oxygen atoms in total. The van der Waals surface area contributed by atoms with Gasteiger partial charge in [-0.2, -0.15) is 23.2 Å². The first kappa shape index (κ1) is 23.5. The van der Waals surface area contributed by atoms with Crippen LogP contribution >= 0.6 is 0 Å². The highest BCUT2D eigenvalue weighted by molar-refractivity contribution is 7.89. The fraction of sp³-hybridized carbons (Fsp3) is 0.190. The number of nitrogens with one attached hydrogen (secondary N) is 1. The van der Waals surface area contributed by atoms with E-state index in [-0.39, 0.29) is 33.5 Å². The Balaban J connectivity index is 1.83. The van der Waals surface area contributed by atoms with E-state index in [9.17, 15) is 35.6 Å². The lowest BCUT2D eigenvalue weighted by Crippen LogP contribution is -2.42. The summed E-state index contributed by atoms with van der Waals surface area (Å²) in [6.45, 7) is 0.664. The summed E-state index contributed by atoms with van der Waals surface area (Å²) in [5.74, 6) is 0. The van der Waals surface area contributed by atoms with Crippen molar-refractivity contribution in [2.75, 3.05) is 0 Å². The van der Waals surface area contributed by atoms with Gasteiger partial charge in [0.1, 0.15) is 22.7 Å². The maximum Gasteiger partial charge on any atom is 0.404 e. The van der Waals surface area contributed by atoms with Gasteiger partial charge < -0.3 is 0 Å². The molecule has 0 saturated carbocycles. The highest BCUT2D eigenvalue weighted by atomic mass is 32.2. The zero-order valence-corrected chi connectivity index (χ0v) is 18.0. The Morgan fingerprint density at radius 3 is 2.38 bits per heavy atom. The van der Waals surface area contributed by atoms with E-state index in [1.807, 2.05) is 6.07 Å². The molecular weight excluding hydrogens is 481 g/mol. The van der Waals surface area contributed by atoms with E-state index in [1.54, 1.807) is 18.2 Å². The normalized spacial score (nSPS) is 14.7. The van der Waals surface area contributed by atoms with E-state index in [2.05, 4.69) is 9.97 Å². The third-order valence-corrected chi connectivity index (χ3v) is 6.62. The molecule has 3 aromatic heterocycles. The van der Waals surface area contributed by atoms with Gasteiger partial charge in [-0.25, -0.2) is 22.2 Å². The Bertz CT molecular complexity index is 1480. The molecule has 0 unspecified atom stereocenters. The fourth-order valence-electron chi connectivity index (χ4n) is 3.29. The van der Waals surface area contributed by atoms with E-state index in [1.165, 1.54) is 15.4 Å². The van der Waals surface area contributed by atoms with Crippen molar-refractivity contribution in [3.8, 4) is 17.5 Å². The van der Waals surface area contributed by atoms with Crippen molar-refractivity contribution < 1.29 is 30.4 Å². The van der Waals surface area contributed by atoms with Crippen LogP contribution in [0, 0.1) is 11.3 Å². The number of rotatable bonds is 6. The second-order valence-electron chi connectivity index (χ2n) is 7.33. The first-order valence-electron chi connectivity index (χ1n) is 9.61. The van der Waals surface area contributed by atoms with Crippen molar-refractivity contribution in [1.29, 1.82) is 5.26 Å². The van der Waals surface area contributed by atoms with Gasteiger partial charge in [0.25, 0.3) is 6.43 Å². The quantitative estimate of drug-likeness (QED) is 0.506. The second kappa shape index (κ2) is 8.30. The number of alkyl halides is 5. The average Bonchev–Trinajstić information content (AvgIpc) is 3.05. The number of halogens is 5. The van der Waals surface area contributed by atoms with E-state index in [0.717, 1.165) is 24.5 Å². The van der Waals surface area contributed by atoms with Crippen LogP contribution in [-0.4, -0.2) is 35.2 Å². The van der Waals surface area contributed by atoms with Crippen molar-refractivity contribution in [1.82, 2.24) is 19.3 Å². The number of fused-ring (bicyclic) bond motifs is 1. The monoisotopic (exact) mass is 495 g/mol. The minimum Gasteiger partial charge on any atom is -0.291 e. The van der Waals surface area contributed by atoms with Crippen LogP contribution in [0.1, 0.15) is 24.5 Å². The minimum absolute atomic E-state index is 0.0156. The number of aromatic nitrogens is 3. The summed E-state index contributed by atoms with van der Waals surface area (Å²) < 4.78 is 92.4. The molecule has 3 aromatic rings. The van der Waals surface area contributed by atoms with Crippen LogP contribution < -0.4 is 4.72 Å². The lowest BCUT2D eigenvalue weighted by atomic mass is 10.1. The third kappa shape index (κ3) is 4.06. The molecule has 1 atom stereocenters. The summed E-state index contributed by atoms with van der Waals surface area (Å²) in [7, 11) is -4.54. The fourth-order valence-corrected chi connectivity index (χ4v) is 4.46. The van der Waals surface area contributed by atoms with Gasteiger partial charge in [0.05, 0.1) is 17.0 Å². The average molecular weight is 495 g/mol. The van der Waals surface area contributed by atoms with E-state index >= 15 is 0 Å². The molecular formula is C21H14F5N5O2S. The first-order chi connectivity index (χ1) is 15.9. The SMILES string of the molecule is C[C@H](NS(=O)(=O)c1ccc(-c2c(C#N)c3cc(C(F)F)cnc3n2C2=CC=C2)nc1)C(F)(F)F. The molecule has 0 aromatic carbocycles. The molecule has 1 aliphatic rings. The summed E-state index contributed by atoms with van der Waals surface area (Å²) in [6, 6.07) is 3.05. The van der Waals surface area contributed by atoms with Crippen molar-refractivity contribution >= 4 is 26.8 Å². The molecule has 0 amide bonds. The highest BCUT2D eigenvalue weighted by Crippen LogP contribution is 2.37. The lowest BCUT2D eigenvalue weighted by molar-refractivity contribution is -0.147. The van der Waals surface area contributed by atoms with Crippen LogP contribution in [0.3, 0.4) is 0 Å². The summed E-state index contributed by atoms with van der Waals surface area (Å²) >= 11 is 0. The zero-order chi connectivity index (χ0) is 24.8. The van der Waals surface area contributed by atoms with Crippen molar-refractivity contribution in [2.24, 2.45) is 0 Å². The second-order valence-corrected chi connectivity index (χ2v) is 9.04. The van der Waals surface area contributed by atoms with Gasteiger partial charge in [-0.1, -0.05) is 6.08 Å². The van der Waals surface area contributed by atoms with Gasteiger partial charge in [-0.05, 0) is 37.3 Å². The Hall–Kier alpha value is -3.63. The van der Waals surface area contributed by atoms with Crippen LogP contribution in [0.5, 0.6) is 0 Å². The Kier molecular flexibility index (Phi) is 5.74. The van der Waals surface area contributed by atoms with Gasteiger partial charge in [0, 0.05) is 29.0 Å². The number of allylic oxidation sites excluding steroid dienone is 4. The molecule has 34 heavy (non-hydrogen) atoms. The minimum atomic E-state index is -4.78. The van der Waals surface area contributed by atoms with Gasteiger partial charge in [0.15, 0.2) is 0 Å². The van der Waals surface area contributed by atoms with Crippen LogP contribution in [0.4, 0.5) is 22.0 Å². The molecule has 0 bridgehead atoms. The van der Waals surface area contributed by atoms with Gasteiger partial charge in [-0.15, -0.1) is 0 Å². The van der Waals surface area contributed by atoms with E-state index < -0.39 is 33.6 Å². The number of nitrogens with zero attached hydrogens (tertiary/aromatic N) is 4. The third-order valence-electron chi connectivity index (χ3n) is 5.10. The number of hydrogen-bond donors (Lipinski definition) is 1. The molecule has 1 aliphatic carbocycles. The molecule has 0 aliphatic heterocycles. The highest BCUT2D eigenvalue weighted by Gasteiger charge is 2.39. The smallest absolute Gasteiger partial charge is 0.291 e. The zero-order valence-electron chi connectivity index (χ0n) is 17.2. The Labute approximate surface area is 189 Å². The molecule has 0 fully saturated rings. The molecule has 3 heterocycles. The predicted octanol–water partition coefficient (Wildman–Crippen LogP) is 4.55. The Morgan fingerprint density at radius 2 is 1.88 bits per heavy atom. The molecule has 4 rings (SSSR count). The maximum absolute atomic E-state index is 13.2. The standard InChI is InChI=1S/C21H14F5N5O2S/c1-11(21(24,25)26)30-34(32,33)14-5-6-17(28-10-14)18-16(8-27)15-7-12(19(22)23)9-29-20(15)31(18)13-3-2-4-13/h2-7,9-11,19,30H,1H3/t11-/m0/s1. The van der Waals surface area contributed by atoms with Crippen molar-refractivity contribution in [3.63, 3.8) is 0 Å². The van der Waals surface area contributed by atoms with Gasteiger partial charge in [-0.3, -0.25) is 9.55 Å². The molecule has 1 N–H and O–H groups in total. The van der Waals surface area contributed by atoms with Crippen LogP contribution in [0.25, 0.3) is 28.1 Å². The van der Waals surface area contributed by atoms with Crippen molar-refractivity contribution in [2.45, 2.75) is 30.5 Å². The first-order valence-corrected chi connectivity index (χ1v) is 11.1. The van der Waals surface area contributed by atoms with Gasteiger partial charge in [0.2, 0.25) is 10.0 Å². The molecule has 0 saturated heterocycles. The van der Waals surface area contributed by atoms with Crippen LogP contribution in [0.2, 0.25) is 0 Å². The van der Waals surface area contributed by atoms with Gasteiger partial charge >= 0.3 is 6.18 Å². The van der Waals surface area contributed by atoms with Crippen LogP contribution in [-0.2, 0) is 10.0 Å². The summed E-state index contributed by atoms with van der Waals surface area (Å²) in [6.07, 6.45) is -0.659. The van der Waals surface area contributed by atoms with Crippen molar-refractivity contribution in [3.05, 3.63) is 59.9 Å². The largest absolute Gasteiger partial charge is 0.404 e. The number of pyridine rings is 2. The lowest BCUT2D eigenvalue weighted by Gasteiger charge is -2.17. The maximum atomic E-state index is 13.2. The van der Waals surface area contributed by atoms with E-state index in [4.69, 9.17) is 0 Å². The number of hydrogen-bond acceptors (Lipinski definition) is 5. The van der Waals surface area contributed by atoms with E-state index in [0.29, 0.717) is 12.6 Å². The topological polar surface area (TPSA) is 101 Å². The summed E-state index contributed by atoms with van der Waals surface area (Å²) in [5, 5.41) is 9.94. The molecule has 0 radical (unpaired) electrons. The molecule has 0 spiro atoms. The molecule has 176 valence electrons. The summed E-state index contributed by atoms with van der Waals surface area (Å²) in [5.41, 5.74) is 0.664. The predicted molar refractivity (Wildman–Crippen MR) is 112 cm³/mol. The number of nitriles is 1. The molecule has 13 heteroatoms. The Morgan fingerprint density at radius 1 is 1.18 bits per heavy atom. The summed E-state index contributed by atoms with van der Waals surface area (Å²) in [4.78, 5) is 7.62. The number of sulfonamides is 1.